The molecule has 4 nitrogen and oxygen atoms in total. The third kappa shape index (κ3) is 4.20. The van der Waals surface area contributed by atoms with Crippen LogP contribution in [-0.4, -0.2) is 37.1 Å². The maximum Gasteiger partial charge on any atom is 0.243 e. The number of halogens is 1. The molecule has 0 bridgehead atoms. The molecule has 106 valence electrons. The van der Waals surface area contributed by atoms with Gasteiger partial charge in [-0.3, -0.25) is 4.79 Å². The summed E-state index contributed by atoms with van der Waals surface area (Å²) in [5, 5.41) is 0. The zero-order valence-corrected chi connectivity index (χ0v) is 11.9. The standard InChI is InChI=1S/C14H20N2O2.ClH/c1-16(10-12-8-5-9-18-12)14(17)13(15)11-6-3-2-4-7-11;/h2-4,6-7,12-13H,5,8-10,15H2,1H3;1H. The molecule has 2 atom stereocenters. The predicted octanol–water partition coefficient (Wildman–Crippen LogP) is 1.75. The minimum Gasteiger partial charge on any atom is -0.376 e. The van der Waals surface area contributed by atoms with Crippen LogP contribution >= 0.6 is 12.4 Å². The summed E-state index contributed by atoms with van der Waals surface area (Å²) < 4.78 is 5.52. The van der Waals surface area contributed by atoms with Crippen molar-refractivity contribution in [3.05, 3.63) is 35.9 Å². The van der Waals surface area contributed by atoms with Crippen molar-refractivity contribution in [3.63, 3.8) is 0 Å². The van der Waals surface area contributed by atoms with Crippen molar-refractivity contribution < 1.29 is 9.53 Å². The van der Waals surface area contributed by atoms with Gasteiger partial charge in [0.2, 0.25) is 5.91 Å². The van der Waals surface area contributed by atoms with Crippen LogP contribution in [0.5, 0.6) is 0 Å². The van der Waals surface area contributed by atoms with E-state index in [1.165, 1.54) is 0 Å². The molecular weight excluding hydrogens is 264 g/mol. The molecular formula is C14H21ClN2O2. The normalized spacial score (nSPS) is 19.6. The van der Waals surface area contributed by atoms with Gasteiger partial charge < -0.3 is 15.4 Å². The second kappa shape index (κ2) is 7.48. The lowest BCUT2D eigenvalue weighted by Crippen LogP contribution is -2.39. The lowest BCUT2D eigenvalue weighted by molar-refractivity contribution is -0.132. The molecule has 0 saturated carbocycles. The van der Waals surface area contributed by atoms with Gasteiger partial charge in [-0.15, -0.1) is 12.4 Å². The average molecular weight is 285 g/mol. The molecule has 2 N–H and O–H groups in total. The molecule has 1 amide bonds. The second-order valence-electron chi connectivity index (χ2n) is 4.74. The van der Waals surface area contributed by atoms with Gasteiger partial charge in [0.1, 0.15) is 6.04 Å². The van der Waals surface area contributed by atoms with E-state index in [0.29, 0.717) is 6.54 Å². The Morgan fingerprint density at radius 2 is 2.16 bits per heavy atom. The van der Waals surface area contributed by atoms with Gasteiger partial charge in [0.05, 0.1) is 6.10 Å². The summed E-state index contributed by atoms with van der Waals surface area (Å²) in [7, 11) is 1.78. The first kappa shape index (κ1) is 16.0. The highest BCUT2D eigenvalue weighted by Crippen LogP contribution is 2.16. The number of amides is 1. The number of benzene rings is 1. The zero-order chi connectivity index (χ0) is 13.0. The van der Waals surface area contributed by atoms with Crippen molar-refractivity contribution in [1.29, 1.82) is 0 Å². The molecule has 2 unspecified atom stereocenters. The number of nitrogens with two attached hydrogens (primary N) is 1. The summed E-state index contributed by atoms with van der Waals surface area (Å²) in [5.74, 6) is -0.0586. The summed E-state index contributed by atoms with van der Waals surface area (Å²) in [5.41, 5.74) is 6.83. The number of carbonyl (C=O) groups is 1. The van der Waals surface area contributed by atoms with Gasteiger partial charge in [-0.2, -0.15) is 0 Å². The topological polar surface area (TPSA) is 55.6 Å². The Balaban J connectivity index is 0.00000180. The van der Waals surface area contributed by atoms with Crippen molar-refractivity contribution in [2.45, 2.75) is 25.0 Å². The number of ether oxygens (including phenoxy) is 1. The van der Waals surface area contributed by atoms with Gasteiger partial charge in [-0.05, 0) is 18.4 Å². The predicted molar refractivity (Wildman–Crippen MR) is 77.2 cm³/mol. The number of nitrogens with zero attached hydrogens (tertiary/aromatic N) is 1. The molecule has 0 aromatic heterocycles. The number of hydrogen-bond donors (Lipinski definition) is 1. The van der Waals surface area contributed by atoms with E-state index in [4.69, 9.17) is 10.5 Å². The van der Waals surface area contributed by atoms with Gasteiger partial charge in [0, 0.05) is 20.2 Å². The maximum atomic E-state index is 12.2. The van der Waals surface area contributed by atoms with Crippen molar-refractivity contribution in [2.24, 2.45) is 5.73 Å². The molecule has 19 heavy (non-hydrogen) atoms. The van der Waals surface area contributed by atoms with Crippen LogP contribution in [0.1, 0.15) is 24.4 Å². The highest BCUT2D eigenvalue weighted by Gasteiger charge is 2.24. The number of likely N-dealkylation sites (N-methyl/N-ethyl adjacent to an activating group) is 1. The third-order valence-electron chi connectivity index (χ3n) is 3.30. The van der Waals surface area contributed by atoms with Gasteiger partial charge in [-0.25, -0.2) is 0 Å². The van der Waals surface area contributed by atoms with E-state index < -0.39 is 6.04 Å². The molecule has 0 aliphatic carbocycles. The Hall–Kier alpha value is -1.10. The fourth-order valence-corrected chi connectivity index (χ4v) is 2.22. The Kier molecular flexibility index (Phi) is 6.28. The van der Waals surface area contributed by atoms with Crippen molar-refractivity contribution in [1.82, 2.24) is 4.90 Å². The SMILES string of the molecule is CN(CC1CCCO1)C(=O)C(N)c1ccccc1.Cl. The van der Waals surface area contributed by atoms with Crippen LogP contribution in [0.15, 0.2) is 30.3 Å². The number of carbonyl (C=O) groups excluding carboxylic acids is 1. The fourth-order valence-electron chi connectivity index (χ4n) is 2.22. The van der Waals surface area contributed by atoms with E-state index in [1.807, 2.05) is 30.3 Å². The second-order valence-corrected chi connectivity index (χ2v) is 4.74. The number of hydrogen-bond acceptors (Lipinski definition) is 3. The van der Waals surface area contributed by atoms with Crippen LogP contribution in [0.25, 0.3) is 0 Å². The monoisotopic (exact) mass is 284 g/mol. The molecule has 1 aromatic rings. The molecule has 1 fully saturated rings. The summed E-state index contributed by atoms with van der Waals surface area (Å²) in [4.78, 5) is 13.9. The molecule has 5 heteroatoms. The Morgan fingerprint density at radius 1 is 1.47 bits per heavy atom. The molecule has 1 aliphatic rings. The summed E-state index contributed by atoms with van der Waals surface area (Å²) in [6.45, 7) is 1.43. The van der Waals surface area contributed by atoms with Crippen molar-refractivity contribution >= 4 is 18.3 Å². The van der Waals surface area contributed by atoms with Gasteiger partial charge in [-0.1, -0.05) is 30.3 Å². The van der Waals surface area contributed by atoms with Crippen LogP contribution < -0.4 is 5.73 Å². The van der Waals surface area contributed by atoms with Gasteiger partial charge in [0.25, 0.3) is 0 Å². The van der Waals surface area contributed by atoms with Crippen LogP contribution in [-0.2, 0) is 9.53 Å². The van der Waals surface area contributed by atoms with Crippen molar-refractivity contribution in [3.8, 4) is 0 Å². The van der Waals surface area contributed by atoms with Gasteiger partial charge in [0.15, 0.2) is 0 Å². The largest absolute Gasteiger partial charge is 0.376 e. The maximum absolute atomic E-state index is 12.2. The first-order chi connectivity index (χ1) is 8.68. The van der Waals surface area contributed by atoms with Crippen molar-refractivity contribution in [2.75, 3.05) is 20.2 Å². The molecule has 1 saturated heterocycles. The average Bonchev–Trinajstić information content (AvgIpc) is 2.91. The molecule has 1 aromatic carbocycles. The molecule has 2 rings (SSSR count). The Labute approximate surface area is 120 Å². The zero-order valence-electron chi connectivity index (χ0n) is 11.1. The van der Waals surface area contributed by atoms with E-state index in [-0.39, 0.29) is 24.4 Å². The smallest absolute Gasteiger partial charge is 0.243 e. The molecule has 0 radical (unpaired) electrons. The lowest BCUT2D eigenvalue weighted by atomic mass is 10.1. The summed E-state index contributed by atoms with van der Waals surface area (Å²) in [6.07, 6.45) is 2.28. The van der Waals surface area contributed by atoms with E-state index in [0.717, 1.165) is 25.0 Å². The quantitative estimate of drug-likeness (QED) is 0.916. The van der Waals surface area contributed by atoms with Crippen LogP contribution in [0.4, 0.5) is 0 Å². The van der Waals surface area contributed by atoms with E-state index in [2.05, 4.69) is 0 Å². The molecule has 0 spiro atoms. The van der Waals surface area contributed by atoms with Crippen LogP contribution in [0.2, 0.25) is 0 Å². The van der Waals surface area contributed by atoms with Crippen LogP contribution in [0.3, 0.4) is 0 Å². The minimum atomic E-state index is -0.586. The molecule has 1 aliphatic heterocycles. The third-order valence-corrected chi connectivity index (χ3v) is 3.30. The Bertz CT molecular complexity index is 394. The first-order valence-electron chi connectivity index (χ1n) is 6.35. The van der Waals surface area contributed by atoms with E-state index in [9.17, 15) is 4.79 Å². The van der Waals surface area contributed by atoms with Gasteiger partial charge >= 0.3 is 0 Å². The highest BCUT2D eigenvalue weighted by molar-refractivity contribution is 5.85. The van der Waals surface area contributed by atoms with E-state index in [1.54, 1.807) is 11.9 Å². The lowest BCUT2D eigenvalue weighted by Gasteiger charge is -2.24. The first-order valence-corrected chi connectivity index (χ1v) is 6.35. The van der Waals surface area contributed by atoms with E-state index >= 15 is 0 Å². The number of rotatable bonds is 4. The summed E-state index contributed by atoms with van der Waals surface area (Å²) in [6, 6.07) is 8.87. The molecule has 1 heterocycles. The van der Waals surface area contributed by atoms with Crippen LogP contribution in [0, 0.1) is 0 Å². The fraction of sp³-hybridized carbons (Fsp3) is 0.500. The highest BCUT2D eigenvalue weighted by atomic mass is 35.5. The Morgan fingerprint density at radius 3 is 2.74 bits per heavy atom. The summed E-state index contributed by atoms with van der Waals surface area (Å²) >= 11 is 0. The minimum absolute atomic E-state index is 0.